The Morgan fingerprint density at radius 1 is 1.00 bits per heavy atom. The molecule has 1 N–H and O–H groups in total. The Bertz CT molecular complexity index is 1040. The van der Waals surface area contributed by atoms with Crippen LogP contribution in [0.15, 0.2) is 77.8 Å². The van der Waals surface area contributed by atoms with Crippen molar-refractivity contribution in [2.24, 2.45) is 0 Å². The molecule has 0 aliphatic carbocycles. The molecule has 0 saturated carbocycles. The van der Waals surface area contributed by atoms with Gasteiger partial charge in [-0.25, -0.2) is 17.5 Å². The number of sulfonamides is 1. The van der Waals surface area contributed by atoms with E-state index >= 15 is 0 Å². The Kier molecular flexibility index (Phi) is 5.20. The van der Waals surface area contributed by atoms with Gasteiger partial charge in [-0.2, -0.15) is 0 Å². The maximum atomic E-state index is 13.7. The monoisotopic (exact) mass is 370 g/mol. The molecule has 0 saturated heterocycles. The SMILES string of the molecule is O=C(CNS(=O)(=O)c1ccccc1F)c1cccc(-c2ccccn2)c1. The average Bonchev–Trinajstić information content (AvgIpc) is 2.67. The number of hydrogen-bond donors (Lipinski definition) is 1. The zero-order valence-corrected chi connectivity index (χ0v) is 14.4. The number of halogens is 1. The van der Waals surface area contributed by atoms with Gasteiger partial charge in [-0.15, -0.1) is 0 Å². The van der Waals surface area contributed by atoms with Crippen molar-refractivity contribution in [3.05, 3.63) is 84.3 Å². The molecule has 1 heterocycles. The van der Waals surface area contributed by atoms with E-state index in [1.165, 1.54) is 12.1 Å². The fourth-order valence-corrected chi connectivity index (χ4v) is 3.45. The van der Waals surface area contributed by atoms with Crippen molar-refractivity contribution in [1.29, 1.82) is 0 Å². The third-order valence-corrected chi connectivity index (χ3v) is 5.13. The Morgan fingerprint density at radius 2 is 1.77 bits per heavy atom. The summed E-state index contributed by atoms with van der Waals surface area (Å²) in [5, 5.41) is 0. The van der Waals surface area contributed by atoms with Crippen LogP contribution in [0.3, 0.4) is 0 Å². The third-order valence-electron chi connectivity index (χ3n) is 3.69. The molecular weight excluding hydrogens is 355 g/mol. The van der Waals surface area contributed by atoms with Gasteiger partial charge in [0.25, 0.3) is 0 Å². The molecule has 26 heavy (non-hydrogen) atoms. The first-order chi connectivity index (χ1) is 12.5. The van der Waals surface area contributed by atoms with Crippen molar-refractivity contribution in [3.63, 3.8) is 0 Å². The van der Waals surface area contributed by atoms with Crippen molar-refractivity contribution < 1.29 is 17.6 Å². The molecule has 3 aromatic rings. The van der Waals surface area contributed by atoms with E-state index in [1.807, 2.05) is 18.2 Å². The smallest absolute Gasteiger partial charge is 0.243 e. The number of nitrogens with one attached hydrogen (secondary N) is 1. The van der Waals surface area contributed by atoms with Gasteiger partial charge in [-0.3, -0.25) is 9.78 Å². The zero-order valence-electron chi connectivity index (χ0n) is 13.6. The first-order valence-corrected chi connectivity index (χ1v) is 9.24. The molecule has 0 unspecified atom stereocenters. The van der Waals surface area contributed by atoms with E-state index in [-0.39, 0.29) is 0 Å². The van der Waals surface area contributed by atoms with Crippen LogP contribution < -0.4 is 4.72 Å². The van der Waals surface area contributed by atoms with Crippen LogP contribution in [0.25, 0.3) is 11.3 Å². The van der Waals surface area contributed by atoms with Crippen LogP contribution >= 0.6 is 0 Å². The molecule has 0 spiro atoms. The molecule has 0 bridgehead atoms. The van der Waals surface area contributed by atoms with Crippen LogP contribution in [0.2, 0.25) is 0 Å². The lowest BCUT2D eigenvalue weighted by Crippen LogP contribution is -2.30. The number of carbonyl (C=O) groups excluding carboxylic acids is 1. The number of ketones is 1. The maximum absolute atomic E-state index is 13.7. The first-order valence-electron chi connectivity index (χ1n) is 7.76. The van der Waals surface area contributed by atoms with E-state index in [1.54, 1.807) is 30.5 Å². The van der Waals surface area contributed by atoms with Crippen molar-refractivity contribution in [2.45, 2.75) is 4.90 Å². The van der Waals surface area contributed by atoms with Gasteiger partial charge in [-0.1, -0.05) is 36.4 Å². The highest BCUT2D eigenvalue weighted by Gasteiger charge is 2.20. The van der Waals surface area contributed by atoms with Gasteiger partial charge in [0.15, 0.2) is 5.78 Å². The first kappa shape index (κ1) is 17.9. The summed E-state index contributed by atoms with van der Waals surface area (Å²) >= 11 is 0. The lowest BCUT2D eigenvalue weighted by molar-refractivity contribution is 0.0997. The molecule has 2 aromatic carbocycles. The Balaban J connectivity index is 1.76. The second-order valence-electron chi connectivity index (χ2n) is 5.47. The van der Waals surface area contributed by atoms with Gasteiger partial charge in [-0.05, 0) is 30.3 Å². The van der Waals surface area contributed by atoms with Crippen LogP contribution in [0.5, 0.6) is 0 Å². The van der Waals surface area contributed by atoms with Crippen LogP contribution in [0.4, 0.5) is 4.39 Å². The summed E-state index contributed by atoms with van der Waals surface area (Å²) in [4.78, 5) is 16.1. The molecule has 0 atom stereocenters. The van der Waals surface area contributed by atoms with Gasteiger partial charge >= 0.3 is 0 Å². The molecule has 0 aliphatic heterocycles. The van der Waals surface area contributed by atoms with Crippen molar-refractivity contribution >= 4 is 15.8 Å². The van der Waals surface area contributed by atoms with E-state index in [4.69, 9.17) is 0 Å². The van der Waals surface area contributed by atoms with Gasteiger partial charge < -0.3 is 0 Å². The fraction of sp³-hybridized carbons (Fsp3) is 0.0526. The minimum Gasteiger partial charge on any atom is -0.293 e. The Hall–Kier alpha value is -2.90. The van der Waals surface area contributed by atoms with Crippen LogP contribution in [0, 0.1) is 5.82 Å². The van der Waals surface area contributed by atoms with Crippen molar-refractivity contribution in [3.8, 4) is 11.3 Å². The van der Waals surface area contributed by atoms with Gasteiger partial charge in [0.1, 0.15) is 10.7 Å². The molecule has 7 heteroatoms. The summed E-state index contributed by atoms with van der Waals surface area (Å²) in [6.45, 7) is -0.470. The number of Topliss-reactive ketones (excluding diaryl/α,β-unsaturated/α-hetero) is 1. The minimum absolute atomic E-state index is 0.337. The number of carbonyl (C=O) groups is 1. The Labute approximate surface area is 150 Å². The predicted octanol–water partition coefficient (Wildman–Crippen LogP) is 3.05. The molecule has 0 fully saturated rings. The topological polar surface area (TPSA) is 76.1 Å². The van der Waals surface area contributed by atoms with Crippen LogP contribution in [0.1, 0.15) is 10.4 Å². The summed E-state index contributed by atoms with van der Waals surface area (Å²) in [7, 11) is -4.11. The normalized spacial score (nSPS) is 11.3. The standard InChI is InChI=1S/C19H15FN2O3S/c20-16-8-1-2-10-19(16)26(24,25)22-13-18(23)15-7-5-6-14(12-15)17-9-3-4-11-21-17/h1-12,22H,13H2. The number of nitrogens with zero attached hydrogens (tertiary/aromatic N) is 1. The van der Waals surface area contributed by atoms with Crippen molar-refractivity contribution in [1.82, 2.24) is 9.71 Å². The number of rotatable bonds is 6. The minimum atomic E-state index is -4.11. The summed E-state index contributed by atoms with van der Waals surface area (Å²) in [6.07, 6.45) is 1.65. The summed E-state index contributed by atoms with van der Waals surface area (Å²) < 4.78 is 40.1. The molecule has 132 valence electrons. The zero-order chi connectivity index (χ0) is 18.6. The number of hydrogen-bond acceptors (Lipinski definition) is 4. The molecule has 0 radical (unpaired) electrons. The van der Waals surface area contributed by atoms with E-state index < -0.39 is 33.1 Å². The fourth-order valence-electron chi connectivity index (χ4n) is 2.39. The van der Waals surface area contributed by atoms with Gasteiger partial charge in [0.05, 0.1) is 12.2 Å². The molecule has 1 aromatic heterocycles. The lowest BCUT2D eigenvalue weighted by atomic mass is 10.0. The molecule has 3 rings (SSSR count). The Morgan fingerprint density at radius 3 is 2.50 bits per heavy atom. The summed E-state index contributed by atoms with van der Waals surface area (Å²) in [6, 6.07) is 17.2. The number of pyridine rings is 1. The van der Waals surface area contributed by atoms with Crippen molar-refractivity contribution in [2.75, 3.05) is 6.54 Å². The summed E-state index contributed by atoms with van der Waals surface area (Å²) in [5.74, 6) is -1.30. The number of benzene rings is 2. The molecule has 0 aliphatic rings. The predicted molar refractivity (Wildman–Crippen MR) is 95.6 cm³/mol. The second-order valence-corrected chi connectivity index (χ2v) is 7.21. The van der Waals surface area contributed by atoms with E-state index in [2.05, 4.69) is 9.71 Å². The maximum Gasteiger partial charge on any atom is 0.243 e. The third kappa shape index (κ3) is 4.01. The van der Waals surface area contributed by atoms with E-state index in [0.717, 1.165) is 17.7 Å². The highest BCUT2D eigenvalue weighted by Crippen LogP contribution is 2.18. The quantitative estimate of drug-likeness (QED) is 0.677. The van der Waals surface area contributed by atoms with Crippen LogP contribution in [-0.2, 0) is 10.0 Å². The average molecular weight is 370 g/mol. The highest BCUT2D eigenvalue weighted by atomic mass is 32.2. The lowest BCUT2D eigenvalue weighted by Gasteiger charge is -2.08. The van der Waals surface area contributed by atoms with Gasteiger partial charge in [0.2, 0.25) is 10.0 Å². The number of aromatic nitrogens is 1. The highest BCUT2D eigenvalue weighted by molar-refractivity contribution is 7.89. The summed E-state index contributed by atoms with van der Waals surface area (Å²) in [5.41, 5.74) is 1.78. The molecular formula is C19H15FN2O3S. The van der Waals surface area contributed by atoms with Gasteiger partial charge in [0, 0.05) is 17.3 Å². The molecule has 5 nitrogen and oxygen atoms in total. The second kappa shape index (κ2) is 7.55. The largest absolute Gasteiger partial charge is 0.293 e. The molecule has 0 amide bonds. The van der Waals surface area contributed by atoms with E-state index in [0.29, 0.717) is 11.3 Å². The van der Waals surface area contributed by atoms with E-state index in [9.17, 15) is 17.6 Å². The van der Waals surface area contributed by atoms with Crippen LogP contribution in [-0.4, -0.2) is 25.7 Å².